The van der Waals surface area contributed by atoms with Crippen molar-refractivity contribution in [3.05, 3.63) is 27.9 Å². The number of aromatic nitrogens is 2. The van der Waals surface area contributed by atoms with Crippen LogP contribution in [-0.4, -0.2) is 21.0 Å². The van der Waals surface area contributed by atoms with Crippen molar-refractivity contribution < 1.29 is 9.90 Å². The van der Waals surface area contributed by atoms with E-state index in [1.807, 2.05) is 0 Å². The van der Waals surface area contributed by atoms with Gasteiger partial charge in [-0.3, -0.25) is 4.79 Å². The van der Waals surface area contributed by atoms with Crippen LogP contribution in [0.25, 0.3) is 0 Å². The molecule has 2 N–H and O–H groups in total. The first-order valence-corrected chi connectivity index (χ1v) is 6.94. The van der Waals surface area contributed by atoms with Crippen LogP contribution < -0.4 is 5.56 Å². The number of carbonyl (C=O) groups is 1. The van der Waals surface area contributed by atoms with Crippen molar-refractivity contribution in [2.75, 3.05) is 0 Å². The second-order valence-electron chi connectivity index (χ2n) is 5.32. The molecule has 5 heteroatoms. The summed E-state index contributed by atoms with van der Waals surface area (Å²) in [5.74, 6) is 0.479. The third-order valence-corrected chi connectivity index (χ3v) is 3.98. The molecule has 1 fully saturated rings. The Morgan fingerprint density at radius 3 is 2.63 bits per heavy atom. The zero-order valence-electron chi connectivity index (χ0n) is 11.2. The Bertz CT molecular complexity index is 502. The van der Waals surface area contributed by atoms with Crippen LogP contribution in [0.3, 0.4) is 0 Å². The molecule has 5 nitrogen and oxygen atoms in total. The van der Waals surface area contributed by atoms with Crippen LogP contribution in [0.15, 0.2) is 11.0 Å². The molecule has 1 aliphatic rings. The van der Waals surface area contributed by atoms with Gasteiger partial charge in [0.1, 0.15) is 11.4 Å². The van der Waals surface area contributed by atoms with E-state index < -0.39 is 11.5 Å². The van der Waals surface area contributed by atoms with Gasteiger partial charge in [-0.15, -0.1) is 0 Å². The minimum atomic E-state index is -1.23. The number of hydrogen-bond acceptors (Lipinski definition) is 3. The second-order valence-corrected chi connectivity index (χ2v) is 5.32. The van der Waals surface area contributed by atoms with E-state index in [-0.39, 0.29) is 11.5 Å². The quantitative estimate of drug-likeness (QED) is 0.875. The highest BCUT2D eigenvalue weighted by atomic mass is 16.4. The highest BCUT2D eigenvalue weighted by Crippen LogP contribution is 2.35. The zero-order valence-corrected chi connectivity index (χ0v) is 11.2. The maximum atomic E-state index is 11.6. The first-order chi connectivity index (χ1) is 9.11. The predicted molar refractivity (Wildman–Crippen MR) is 71.4 cm³/mol. The van der Waals surface area contributed by atoms with Gasteiger partial charge in [0.05, 0.1) is 0 Å². The molecule has 0 saturated heterocycles. The fourth-order valence-corrected chi connectivity index (χ4v) is 2.90. The summed E-state index contributed by atoms with van der Waals surface area (Å²) in [7, 11) is 0. The van der Waals surface area contributed by atoms with Crippen LogP contribution in [0.1, 0.15) is 67.5 Å². The Morgan fingerprint density at radius 2 is 2.11 bits per heavy atom. The largest absolute Gasteiger partial charge is 0.477 e. The van der Waals surface area contributed by atoms with Crippen molar-refractivity contribution in [3.63, 3.8) is 0 Å². The summed E-state index contributed by atoms with van der Waals surface area (Å²) < 4.78 is 0. The summed E-state index contributed by atoms with van der Waals surface area (Å²) in [5.41, 5.74) is -0.836. The molecule has 0 aliphatic heterocycles. The molecule has 1 aromatic rings. The molecule has 104 valence electrons. The molecule has 0 atom stereocenters. The van der Waals surface area contributed by atoms with Gasteiger partial charge in [0, 0.05) is 12.1 Å². The number of carboxylic acids is 1. The molecule has 0 radical (unpaired) electrons. The highest BCUT2D eigenvalue weighted by Gasteiger charge is 2.24. The van der Waals surface area contributed by atoms with Crippen LogP contribution in [0.4, 0.5) is 0 Å². The van der Waals surface area contributed by atoms with Crippen molar-refractivity contribution in [2.24, 2.45) is 5.92 Å². The highest BCUT2D eigenvalue weighted by molar-refractivity contribution is 5.86. The Kier molecular flexibility index (Phi) is 4.35. The van der Waals surface area contributed by atoms with E-state index in [9.17, 15) is 9.59 Å². The summed E-state index contributed by atoms with van der Waals surface area (Å²) >= 11 is 0. The lowest BCUT2D eigenvalue weighted by Crippen LogP contribution is -2.23. The van der Waals surface area contributed by atoms with E-state index >= 15 is 0 Å². The third kappa shape index (κ3) is 3.22. The lowest BCUT2D eigenvalue weighted by molar-refractivity contribution is 0.0694. The smallest absolute Gasteiger partial charge is 0.342 e. The summed E-state index contributed by atoms with van der Waals surface area (Å²) in [6.45, 7) is 2.20. The molecular weight excluding hydrogens is 244 g/mol. The van der Waals surface area contributed by atoms with Crippen LogP contribution >= 0.6 is 0 Å². The van der Waals surface area contributed by atoms with E-state index in [2.05, 4.69) is 16.9 Å². The Balaban J connectivity index is 2.06. The predicted octanol–water partition coefficient (Wildman–Crippen LogP) is 2.54. The molecule has 0 unspecified atom stereocenters. The maximum Gasteiger partial charge on any atom is 0.342 e. The molecule has 1 aromatic heterocycles. The van der Waals surface area contributed by atoms with Gasteiger partial charge < -0.3 is 10.1 Å². The molecule has 0 aromatic carbocycles. The fourth-order valence-electron chi connectivity index (χ4n) is 2.90. The Morgan fingerprint density at radius 1 is 1.42 bits per heavy atom. The molecule has 19 heavy (non-hydrogen) atoms. The summed E-state index contributed by atoms with van der Waals surface area (Å²) in [4.78, 5) is 29.1. The standard InChI is InChI=1S/C14H20N2O3/c1-2-3-9-4-6-10(7-5-9)12-15-8-11(14(18)19)13(17)16-12/h8-10H,2-7H2,1H3,(H,18,19)(H,15,16,17). The van der Waals surface area contributed by atoms with Gasteiger partial charge in [-0.2, -0.15) is 0 Å². The molecule has 0 bridgehead atoms. The van der Waals surface area contributed by atoms with Gasteiger partial charge in [-0.05, 0) is 31.6 Å². The van der Waals surface area contributed by atoms with Crippen molar-refractivity contribution >= 4 is 5.97 Å². The molecular formula is C14H20N2O3. The van der Waals surface area contributed by atoms with E-state index in [1.54, 1.807) is 0 Å². The summed E-state index contributed by atoms with van der Waals surface area (Å²) in [6, 6.07) is 0. The van der Waals surface area contributed by atoms with E-state index in [0.29, 0.717) is 5.82 Å². The van der Waals surface area contributed by atoms with Crippen molar-refractivity contribution in [1.29, 1.82) is 0 Å². The lowest BCUT2D eigenvalue weighted by atomic mass is 9.80. The van der Waals surface area contributed by atoms with E-state index in [1.165, 1.54) is 31.9 Å². The molecule has 1 saturated carbocycles. The third-order valence-electron chi connectivity index (χ3n) is 3.98. The Hall–Kier alpha value is -1.65. The average Bonchev–Trinajstić information content (AvgIpc) is 2.39. The number of rotatable bonds is 4. The van der Waals surface area contributed by atoms with Gasteiger partial charge in [0.25, 0.3) is 5.56 Å². The minimum absolute atomic E-state index is 0.267. The van der Waals surface area contributed by atoms with Crippen LogP contribution in [0, 0.1) is 5.92 Å². The fraction of sp³-hybridized carbons (Fsp3) is 0.643. The number of aromatic amines is 1. The lowest BCUT2D eigenvalue weighted by Gasteiger charge is -2.27. The average molecular weight is 264 g/mol. The minimum Gasteiger partial charge on any atom is -0.477 e. The zero-order chi connectivity index (χ0) is 13.8. The number of nitrogens with zero attached hydrogens (tertiary/aromatic N) is 1. The topological polar surface area (TPSA) is 83.0 Å². The number of carboxylic acid groups (broad SMARTS) is 1. The molecule has 0 spiro atoms. The van der Waals surface area contributed by atoms with Crippen molar-refractivity contribution in [3.8, 4) is 0 Å². The number of nitrogens with one attached hydrogen (secondary N) is 1. The number of aromatic carboxylic acids is 1. The normalized spacial score (nSPS) is 23.2. The van der Waals surface area contributed by atoms with Crippen LogP contribution in [0.5, 0.6) is 0 Å². The van der Waals surface area contributed by atoms with Gasteiger partial charge in [0.15, 0.2) is 0 Å². The second kappa shape index (κ2) is 5.99. The molecule has 1 heterocycles. The van der Waals surface area contributed by atoms with Crippen molar-refractivity contribution in [1.82, 2.24) is 9.97 Å². The Labute approximate surface area is 112 Å². The van der Waals surface area contributed by atoms with Crippen molar-refractivity contribution in [2.45, 2.75) is 51.4 Å². The maximum absolute atomic E-state index is 11.6. The van der Waals surface area contributed by atoms with Crippen LogP contribution in [-0.2, 0) is 0 Å². The molecule has 2 rings (SSSR count). The molecule has 0 amide bonds. The van der Waals surface area contributed by atoms with Gasteiger partial charge in [0.2, 0.25) is 0 Å². The first-order valence-electron chi connectivity index (χ1n) is 6.94. The van der Waals surface area contributed by atoms with Gasteiger partial charge in [-0.1, -0.05) is 19.8 Å². The van der Waals surface area contributed by atoms with Gasteiger partial charge in [-0.25, -0.2) is 9.78 Å². The van der Waals surface area contributed by atoms with E-state index in [4.69, 9.17) is 5.11 Å². The monoisotopic (exact) mass is 264 g/mol. The van der Waals surface area contributed by atoms with Gasteiger partial charge >= 0.3 is 5.97 Å². The van der Waals surface area contributed by atoms with Crippen LogP contribution in [0.2, 0.25) is 0 Å². The summed E-state index contributed by atoms with van der Waals surface area (Å²) in [6.07, 6.45) is 8.06. The molecule has 1 aliphatic carbocycles. The number of hydrogen-bond donors (Lipinski definition) is 2. The first kappa shape index (κ1) is 13.8. The SMILES string of the molecule is CCCC1CCC(c2ncc(C(=O)O)c(=O)[nH]2)CC1. The van der Waals surface area contributed by atoms with E-state index in [0.717, 1.165) is 18.8 Å². The summed E-state index contributed by atoms with van der Waals surface area (Å²) in [5, 5.41) is 8.80. The number of H-pyrrole nitrogens is 1.